The maximum atomic E-state index is 8.96. The Morgan fingerprint density at radius 3 is 2.56 bits per heavy atom. The van der Waals surface area contributed by atoms with Crippen LogP contribution in [0.1, 0.15) is 52.9 Å². The van der Waals surface area contributed by atoms with Gasteiger partial charge in [-0.1, -0.05) is 40.0 Å². The molecule has 1 saturated carbocycles. The van der Waals surface area contributed by atoms with E-state index in [1.807, 2.05) is 0 Å². The van der Waals surface area contributed by atoms with E-state index in [0.717, 1.165) is 31.3 Å². The van der Waals surface area contributed by atoms with Crippen LogP contribution in [-0.2, 0) is 0 Å². The van der Waals surface area contributed by atoms with Crippen LogP contribution in [0.15, 0.2) is 0 Å². The smallest absolute Gasteiger partial charge is 0.0436 e. The van der Waals surface area contributed by atoms with Gasteiger partial charge >= 0.3 is 0 Å². The third-order valence-electron chi connectivity index (χ3n) is 4.09. The van der Waals surface area contributed by atoms with Crippen molar-refractivity contribution in [3.63, 3.8) is 0 Å². The summed E-state index contributed by atoms with van der Waals surface area (Å²) in [6.07, 6.45) is 6.53. The molecule has 0 aliphatic heterocycles. The van der Waals surface area contributed by atoms with E-state index in [9.17, 15) is 0 Å². The van der Waals surface area contributed by atoms with Gasteiger partial charge in [0.15, 0.2) is 0 Å². The molecule has 2 heteroatoms. The molecule has 0 aromatic carbocycles. The monoisotopic (exact) mass is 227 g/mol. The molecule has 0 spiro atoms. The fourth-order valence-corrected chi connectivity index (χ4v) is 2.68. The van der Waals surface area contributed by atoms with Crippen LogP contribution in [-0.4, -0.2) is 24.8 Å². The Labute approximate surface area is 101 Å². The molecule has 0 aromatic rings. The molecule has 0 amide bonds. The summed E-state index contributed by atoms with van der Waals surface area (Å²) in [6.45, 7) is 9.33. The zero-order valence-electron chi connectivity index (χ0n) is 11.3. The molecule has 2 unspecified atom stereocenters. The standard InChI is InChI=1S/C14H29NO/c1-12-6-4-5-7-13(12)10-15-11-14(2,3)8-9-16/h12-13,15-16H,4-11H2,1-3H3. The maximum absolute atomic E-state index is 8.96. The molecule has 0 saturated heterocycles. The van der Waals surface area contributed by atoms with Crippen LogP contribution in [0.25, 0.3) is 0 Å². The SMILES string of the molecule is CC1CCCCC1CNCC(C)(C)CCO. The summed E-state index contributed by atoms with van der Waals surface area (Å²) in [6, 6.07) is 0. The first-order valence-electron chi connectivity index (χ1n) is 6.87. The summed E-state index contributed by atoms with van der Waals surface area (Å²) in [5.41, 5.74) is 0.229. The Morgan fingerprint density at radius 2 is 1.94 bits per heavy atom. The van der Waals surface area contributed by atoms with Gasteiger partial charge in [0.25, 0.3) is 0 Å². The van der Waals surface area contributed by atoms with Crippen LogP contribution in [0.5, 0.6) is 0 Å². The van der Waals surface area contributed by atoms with Crippen molar-refractivity contribution >= 4 is 0 Å². The summed E-state index contributed by atoms with van der Waals surface area (Å²) >= 11 is 0. The molecule has 16 heavy (non-hydrogen) atoms. The minimum atomic E-state index is 0.229. The van der Waals surface area contributed by atoms with Crippen molar-refractivity contribution in [3.8, 4) is 0 Å². The van der Waals surface area contributed by atoms with Gasteiger partial charge in [0.1, 0.15) is 0 Å². The van der Waals surface area contributed by atoms with Crippen molar-refractivity contribution in [3.05, 3.63) is 0 Å². The van der Waals surface area contributed by atoms with Crippen molar-refractivity contribution < 1.29 is 5.11 Å². The zero-order chi connectivity index (χ0) is 12.0. The largest absolute Gasteiger partial charge is 0.396 e. The highest BCUT2D eigenvalue weighted by molar-refractivity contribution is 4.77. The Bertz CT molecular complexity index is 191. The Morgan fingerprint density at radius 1 is 1.25 bits per heavy atom. The van der Waals surface area contributed by atoms with Crippen LogP contribution < -0.4 is 5.32 Å². The fraction of sp³-hybridized carbons (Fsp3) is 1.00. The highest BCUT2D eigenvalue weighted by Gasteiger charge is 2.22. The second kappa shape index (κ2) is 6.61. The molecule has 0 heterocycles. The summed E-state index contributed by atoms with van der Waals surface area (Å²) < 4.78 is 0. The number of hydrogen-bond acceptors (Lipinski definition) is 2. The van der Waals surface area contributed by atoms with Crippen molar-refractivity contribution in [1.82, 2.24) is 5.32 Å². The molecule has 1 aliphatic carbocycles. The normalized spacial score (nSPS) is 27.0. The minimum absolute atomic E-state index is 0.229. The molecule has 0 bridgehead atoms. The van der Waals surface area contributed by atoms with E-state index in [-0.39, 0.29) is 5.41 Å². The van der Waals surface area contributed by atoms with E-state index in [2.05, 4.69) is 26.1 Å². The fourth-order valence-electron chi connectivity index (χ4n) is 2.68. The predicted octanol–water partition coefficient (Wildman–Crippen LogP) is 2.81. The van der Waals surface area contributed by atoms with Gasteiger partial charge in [-0.3, -0.25) is 0 Å². The van der Waals surface area contributed by atoms with Gasteiger partial charge in [-0.15, -0.1) is 0 Å². The first kappa shape index (κ1) is 14.0. The van der Waals surface area contributed by atoms with Crippen molar-refractivity contribution in [2.75, 3.05) is 19.7 Å². The quantitative estimate of drug-likeness (QED) is 0.731. The molecule has 2 N–H and O–H groups in total. The van der Waals surface area contributed by atoms with E-state index in [0.29, 0.717) is 6.61 Å². The minimum Gasteiger partial charge on any atom is -0.396 e. The molecule has 2 nitrogen and oxygen atoms in total. The van der Waals surface area contributed by atoms with Crippen molar-refractivity contribution in [2.45, 2.75) is 52.9 Å². The lowest BCUT2D eigenvalue weighted by Crippen LogP contribution is -2.36. The maximum Gasteiger partial charge on any atom is 0.0436 e. The summed E-state index contributed by atoms with van der Waals surface area (Å²) in [5, 5.41) is 12.6. The number of aliphatic hydroxyl groups is 1. The molecule has 1 aliphatic rings. The van der Waals surface area contributed by atoms with Gasteiger partial charge < -0.3 is 10.4 Å². The van der Waals surface area contributed by atoms with E-state index in [1.54, 1.807) is 0 Å². The van der Waals surface area contributed by atoms with Gasteiger partial charge in [0.2, 0.25) is 0 Å². The van der Waals surface area contributed by atoms with Crippen LogP contribution in [0, 0.1) is 17.3 Å². The van der Waals surface area contributed by atoms with Crippen LogP contribution >= 0.6 is 0 Å². The number of rotatable bonds is 6. The number of nitrogens with one attached hydrogen (secondary N) is 1. The lowest BCUT2D eigenvalue weighted by atomic mass is 9.80. The molecule has 1 rings (SSSR count). The second-order valence-corrected chi connectivity index (χ2v) is 6.29. The van der Waals surface area contributed by atoms with E-state index in [4.69, 9.17) is 5.11 Å². The lowest BCUT2D eigenvalue weighted by Gasteiger charge is -2.31. The Balaban J connectivity index is 2.18. The van der Waals surface area contributed by atoms with Gasteiger partial charge in [0, 0.05) is 13.2 Å². The molecule has 1 fully saturated rings. The Hall–Kier alpha value is -0.0800. The molecular formula is C14H29NO. The average Bonchev–Trinajstić information content (AvgIpc) is 2.20. The third kappa shape index (κ3) is 4.84. The highest BCUT2D eigenvalue weighted by Crippen LogP contribution is 2.29. The van der Waals surface area contributed by atoms with Gasteiger partial charge in [0.05, 0.1) is 0 Å². The van der Waals surface area contributed by atoms with Gasteiger partial charge in [-0.25, -0.2) is 0 Å². The van der Waals surface area contributed by atoms with Crippen LogP contribution in [0.3, 0.4) is 0 Å². The molecule has 0 aromatic heterocycles. The van der Waals surface area contributed by atoms with Crippen LogP contribution in [0.2, 0.25) is 0 Å². The van der Waals surface area contributed by atoms with E-state index < -0.39 is 0 Å². The summed E-state index contributed by atoms with van der Waals surface area (Å²) in [5.74, 6) is 1.76. The first-order valence-corrected chi connectivity index (χ1v) is 6.87. The first-order chi connectivity index (χ1) is 7.55. The highest BCUT2D eigenvalue weighted by atomic mass is 16.3. The van der Waals surface area contributed by atoms with Crippen molar-refractivity contribution in [2.24, 2.45) is 17.3 Å². The second-order valence-electron chi connectivity index (χ2n) is 6.29. The summed E-state index contributed by atoms with van der Waals surface area (Å²) in [4.78, 5) is 0. The van der Waals surface area contributed by atoms with Crippen molar-refractivity contribution in [1.29, 1.82) is 0 Å². The molecule has 96 valence electrons. The lowest BCUT2D eigenvalue weighted by molar-refractivity contribution is 0.195. The van der Waals surface area contributed by atoms with Crippen LogP contribution in [0.4, 0.5) is 0 Å². The predicted molar refractivity (Wildman–Crippen MR) is 69.5 cm³/mol. The molecular weight excluding hydrogens is 198 g/mol. The number of hydrogen-bond donors (Lipinski definition) is 2. The average molecular weight is 227 g/mol. The third-order valence-corrected chi connectivity index (χ3v) is 4.09. The van der Waals surface area contributed by atoms with Gasteiger partial charge in [-0.05, 0) is 36.6 Å². The molecule has 2 atom stereocenters. The zero-order valence-corrected chi connectivity index (χ0v) is 11.3. The number of aliphatic hydroxyl groups excluding tert-OH is 1. The topological polar surface area (TPSA) is 32.3 Å². The van der Waals surface area contributed by atoms with Gasteiger partial charge in [-0.2, -0.15) is 0 Å². The molecule has 0 radical (unpaired) electrons. The summed E-state index contributed by atoms with van der Waals surface area (Å²) in [7, 11) is 0. The Kier molecular flexibility index (Phi) is 5.77. The van der Waals surface area contributed by atoms with E-state index in [1.165, 1.54) is 25.7 Å². The van der Waals surface area contributed by atoms with E-state index >= 15 is 0 Å².